The Morgan fingerprint density at radius 3 is 2.44 bits per heavy atom. The van der Waals surface area contributed by atoms with Crippen molar-refractivity contribution in [2.24, 2.45) is 11.1 Å². The van der Waals surface area contributed by atoms with E-state index in [0.717, 1.165) is 32.0 Å². The van der Waals surface area contributed by atoms with Gasteiger partial charge in [0, 0.05) is 26.1 Å². The number of hydrogen-bond donors (Lipinski definition) is 0. The molecule has 0 bridgehead atoms. The highest BCUT2D eigenvalue weighted by Gasteiger charge is 2.04. The maximum atomic E-state index is 5.32. The van der Waals surface area contributed by atoms with Crippen LogP contribution in [0.5, 0.6) is 0 Å². The van der Waals surface area contributed by atoms with E-state index in [1.54, 1.807) is 7.11 Å². The summed E-state index contributed by atoms with van der Waals surface area (Å²) in [4.78, 5) is 7.59. The topological polar surface area (TPSA) is 34.1 Å². The van der Waals surface area contributed by atoms with Crippen LogP contribution in [0.25, 0.3) is 0 Å². The van der Waals surface area contributed by atoms with E-state index < -0.39 is 0 Å². The highest BCUT2D eigenvalue weighted by Crippen LogP contribution is 1.97. The van der Waals surface area contributed by atoms with E-state index in [1.807, 2.05) is 6.92 Å². The van der Waals surface area contributed by atoms with Gasteiger partial charge in [-0.25, -0.2) is 0 Å². The van der Waals surface area contributed by atoms with Crippen molar-refractivity contribution in [3.05, 3.63) is 0 Å². The summed E-state index contributed by atoms with van der Waals surface area (Å²) in [5.74, 6) is 6.11. The van der Waals surface area contributed by atoms with Crippen LogP contribution < -0.4 is 0 Å². The van der Waals surface area contributed by atoms with Crippen molar-refractivity contribution in [2.45, 2.75) is 27.7 Å². The third-order valence-electron chi connectivity index (χ3n) is 2.52. The molecule has 0 unspecified atom stereocenters. The smallest absolute Gasteiger partial charge is 0.132 e. The van der Waals surface area contributed by atoms with Gasteiger partial charge in [-0.05, 0) is 19.4 Å². The van der Waals surface area contributed by atoms with Gasteiger partial charge < -0.3 is 9.57 Å². The predicted molar refractivity (Wildman–Crippen MR) is 75.7 cm³/mol. The van der Waals surface area contributed by atoms with Gasteiger partial charge >= 0.3 is 0 Å². The minimum atomic E-state index is 0.299. The van der Waals surface area contributed by atoms with E-state index in [9.17, 15) is 0 Å². The predicted octanol–water partition coefficient (Wildman–Crippen LogP) is 2.01. The minimum Gasteiger partial charge on any atom is -0.394 e. The van der Waals surface area contributed by atoms with Gasteiger partial charge in [0.15, 0.2) is 0 Å². The van der Waals surface area contributed by atoms with Crippen LogP contribution in [-0.2, 0) is 9.57 Å². The maximum absolute atomic E-state index is 5.32. The molecular weight excluding hydrogens is 228 g/mol. The third kappa shape index (κ3) is 8.10. The average molecular weight is 254 g/mol. The Balaban J connectivity index is 3.99. The first kappa shape index (κ1) is 16.9. The Labute approximate surface area is 111 Å². The van der Waals surface area contributed by atoms with E-state index in [0.29, 0.717) is 12.5 Å². The monoisotopic (exact) mass is 254 g/mol. The summed E-state index contributed by atoms with van der Waals surface area (Å²) in [6.45, 7) is 12.1. The zero-order valence-corrected chi connectivity index (χ0v) is 12.3. The second-order valence-corrected chi connectivity index (χ2v) is 4.27. The zero-order chi connectivity index (χ0) is 13.8. The van der Waals surface area contributed by atoms with Crippen molar-refractivity contribution in [2.75, 3.05) is 40.0 Å². The number of hydrogen-bond acceptors (Lipinski definition) is 4. The van der Waals surface area contributed by atoms with E-state index in [1.165, 1.54) is 0 Å². The molecule has 0 heterocycles. The lowest BCUT2D eigenvalue weighted by Crippen LogP contribution is -2.30. The molecule has 0 aromatic heterocycles. The van der Waals surface area contributed by atoms with Crippen LogP contribution in [-0.4, -0.2) is 50.6 Å². The molecule has 18 heavy (non-hydrogen) atoms. The molecule has 0 atom stereocenters. The molecule has 4 heteroatoms. The summed E-state index contributed by atoms with van der Waals surface area (Å²) in [5, 5.41) is 4.08. The quantitative estimate of drug-likeness (QED) is 0.273. The van der Waals surface area contributed by atoms with Crippen LogP contribution in [0.3, 0.4) is 0 Å². The molecule has 104 valence electrons. The van der Waals surface area contributed by atoms with Crippen LogP contribution >= 0.6 is 0 Å². The van der Waals surface area contributed by atoms with Crippen molar-refractivity contribution in [3.8, 4) is 11.8 Å². The van der Waals surface area contributed by atoms with Crippen LogP contribution in [0.15, 0.2) is 5.16 Å². The fraction of sp³-hybridized carbons (Fsp3) is 0.786. The van der Waals surface area contributed by atoms with Gasteiger partial charge in [-0.3, -0.25) is 4.90 Å². The Morgan fingerprint density at radius 2 is 1.94 bits per heavy atom. The van der Waals surface area contributed by atoms with Crippen LogP contribution in [0.1, 0.15) is 27.7 Å². The van der Waals surface area contributed by atoms with Gasteiger partial charge in [0.2, 0.25) is 0 Å². The molecule has 0 aromatic carbocycles. The SMILES string of the molecule is CC#C/C(=N\OCCN(CC)CCOC)C(C)C. The molecule has 0 N–H and O–H groups in total. The Bertz CT molecular complexity index is 290. The van der Waals surface area contributed by atoms with Crippen molar-refractivity contribution >= 4 is 5.71 Å². The van der Waals surface area contributed by atoms with Crippen molar-refractivity contribution in [3.63, 3.8) is 0 Å². The van der Waals surface area contributed by atoms with Gasteiger partial charge in [-0.2, -0.15) is 0 Å². The van der Waals surface area contributed by atoms with Gasteiger partial charge in [-0.1, -0.05) is 31.8 Å². The summed E-state index contributed by atoms with van der Waals surface area (Å²) in [6.07, 6.45) is 0. The third-order valence-corrected chi connectivity index (χ3v) is 2.52. The Hall–Kier alpha value is -1.05. The molecule has 0 amide bonds. The maximum Gasteiger partial charge on any atom is 0.132 e. The first-order valence-electron chi connectivity index (χ1n) is 6.49. The molecule has 0 saturated carbocycles. The lowest BCUT2D eigenvalue weighted by Gasteiger charge is -2.18. The van der Waals surface area contributed by atoms with Gasteiger partial charge in [0.05, 0.1) is 6.61 Å². The van der Waals surface area contributed by atoms with E-state index in [-0.39, 0.29) is 0 Å². The zero-order valence-electron chi connectivity index (χ0n) is 12.3. The largest absolute Gasteiger partial charge is 0.394 e. The lowest BCUT2D eigenvalue weighted by molar-refractivity contribution is 0.0946. The molecule has 0 saturated heterocycles. The fourth-order valence-electron chi connectivity index (χ4n) is 1.33. The molecule has 4 nitrogen and oxygen atoms in total. The first-order chi connectivity index (χ1) is 8.65. The van der Waals surface area contributed by atoms with E-state index >= 15 is 0 Å². The number of rotatable bonds is 9. The minimum absolute atomic E-state index is 0.299. The van der Waals surface area contributed by atoms with Crippen molar-refractivity contribution in [1.82, 2.24) is 4.90 Å². The first-order valence-corrected chi connectivity index (χ1v) is 6.49. The molecule has 0 radical (unpaired) electrons. The Morgan fingerprint density at radius 1 is 1.28 bits per heavy atom. The molecule has 0 aromatic rings. The molecule has 0 aliphatic carbocycles. The van der Waals surface area contributed by atoms with E-state index in [4.69, 9.17) is 9.57 Å². The van der Waals surface area contributed by atoms with E-state index in [2.05, 4.69) is 42.7 Å². The van der Waals surface area contributed by atoms with Gasteiger partial charge in [-0.15, -0.1) is 0 Å². The highest BCUT2D eigenvalue weighted by molar-refractivity contribution is 6.01. The fourth-order valence-corrected chi connectivity index (χ4v) is 1.33. The Kier molecular flexibility index (Phi) is 10.4. The molecular formula is C14H26N2O2. The lowest BCUT2D eigenvalue weighted by atomic mass is 10.1. The number of oxime groups is 1. The van der Waals surface area contributed by atoms with Gasteiger partial charge in [0.25, 0.3) is 0 Å². The van der Waals surface area contributed by atoms with Crippen molar-refractivity contribution < 1.29 is 9.57 Å². The second kappa shape index (κ2) is 11.1. The number of nitrogens with zero attached hydrogens (tertiary/aromatic N) is 2. The normalized spacial score (nSPS) is 11.6. The standard InChI is InChI=1S/C14H26N2O2/c1-6-8-14(13(3)4)15-18-12-10-16(7-2)9-11-17-5/h13H,7,9-12H2,1-5H3/b15-14+. The van der Waals surface area contributed by atoms with Crippen LogP contribution in [0.4, 0.5) is 0 Å². The van der Waals surface area contributed by atoms with Crippen molar-refractivity contribution in [1.29, 1.82) is 0 Å². The summed E-state index contributed by atoms with van der Waals surface area (Å²) in [7, 11) is 1.72. The summed E-state index contributed by atoms with van der Waals surface area (Å²) in [5.41, 5.74) is 0.803. The number of ether oxygens (including phenoxy) is 1. The molecule has 0 rings (SSSR count). The molecule has 0 aliphatic heterocycles. The molecule has 0 aliphatic rings. The van der Waals surface area contributed by atoms with Crippen LogP contribution in [0, 0.1) is 17.8 Å². The number of methoxy groups -OCH3 is 1. The second-order valence-electron chi connectivity index (χ2n) is 4.27. The molecule has 0 spiro atoms. The number of likely N-dealkylation sites (N-methyl/N-ethyl adjacent to an activating group) is 1. The molecule has 0 fully saturated rings. The average Bonchev–Trinajstić information content (AvgIpc) is 2.36. The van der Waals surface area contributed by atoms with Gasteiger partial charge in [0.1, 0.15) is 12.3 Å². The summed E-state index contributed by atoms with van der Waals surface area (Å²) >= 11 is 0. The van der Waals surface area contributed by atoms with Crippen LogP contribution in [0.2, 0.25) is 0 Å². The highest BCUT2D eigenvalue weighted by atomic mass is 16.6. The summed E-state index contributed by atoms with van der Waals surface area (Å²) < 4.78 is 5.05. The summed E-state index contributed by atoms with van der Waals surface area (Å²) in [6, 6.07) is 0.